The van der Waals surface area contributed by atoms with Crippen molar-refractivity contribution in [3.63, 3.8) is 0 Å². The number of methoxy groups -OCH3 is 1. The Morgan fingerprint density at radius 1 is 1.36 bits per heavy atom. The fourth-order valence-electron chi connectivity index (χ4n) is 2.97. The lowest BCUT2D eigenvalue weighted by Gasteiger charge is -2.31. The molecule has 1 aliphatic rings. The monoisotopic (exact) mass is 323 g/mol. The Kier molecular flexibility index (Phi) is 5.83. The summed E-state index contributed by atoms with van der Waals surface area (Å²) in [6.07, 6.45) is 4.22. The number of ether oxygens (including phenoxy) is 1. The first-order valence-electron chi connectivity index (χ1n) is 7.67. The summed E-state index contributed by atoms with van der Waals surface area (Å²) in [6, 6.07) is 7.15. The number of rotatable bonds is 5. The molecule has 0 aliphatic heterocycles. The normalized spacial score (nSPS) is 16.3. The van der Waals surface area contributed by atoms with Crippen molar-refractivity contribution >= 4 is 23.5 Å². The summed E-state index contributed by atoms with van der Waals surface area (Å²) in [5.41, 5.74) is 0.566. The van der Waals surface area contributed by atoms with Crippen LogP contribution >= 0.6 is 11.6 Å². The minimum atomic E-state index is -0.339. The molecule has 4 nitrogen and oxygen atoms in total. The smallest absolute Gasteiger partial charge is 0.310 e. The zero-order valence-corrected chi connectivity index (χ0v) is 13.8. The van der Waals surface area contributed by atoms with Gasteiger partial charge >= 0.3 is 5.97 Å². The molecule has 1 unspecified atom stereocenters. The number of amides is 1. The number of carbonyl (C=O) groups is 2. The van der Waals surface area contributed by atoms with Gasteiger partial charge in [-0.1, -0.05) is 37.4 Å². The van der Waals surface area contributed by atoms with Gasteiger partial charge in [0.15, 0.2) is 0 Å². The highest BCUT2D eigenvalue weighted by molar-refractivity contribution is 6.30. The SMILES string of the molecule is COC(=O)C(C)CN(C(=O)c1cccc(Cl)c1)C1CCCC1. The molecule has 5 heteroatoms. The third-order valence-electron chi connectivity index (χ3n) is 4.17. The minimum absolute atomic E-state index is 0.0647. The molecule has 22 heavy (non-hydrogen) atoms. The van der Waals surface area contributed by atoms with E-state index in [1.54, 1.807) is 31.2 Å². The van der Waals surface area contributed by atoms with Crippen molar-refractivity contribution in [1.82, 2.24) is 4.90 Å². The van der Waals surface area contributed by atoms with Crippen LogP contribution in [-0.4, -0.2) is 36.5 Å². The first-order valence-corrected chi connectivity index (χ1v) is 8.05. The highest BCUT2D eigenvalue weighted by Crippen LogP contribution is 2.26. The van der Waals surface area contributed by atoms with Crippen molar-refractivity contribution < 1.29 is 14.3 Å². The van der Waals surface area contributed by atoms with Crippen molar-refractivity contribution in [2.24, 2.45) is 5.92 Å². The van der Waals surface area contributed by atoms with Crippen molar-refractivity contribution in [3.05, 3.63) is 34.9 Å². The van der Waals surface area contributed by atoms with E-state index in [0.717, 1.165) is 25.7 Å². The van der Waals surface area contributed by atoms with Crippen LogP contribution in [0.15, 0.2) is 24.3 Å². The van der Waals surface area contributed by atoms with Crippen molar-refractivity contribution in [2.75, 3.05) is 13.7 Å². The Morgan fingerprint density at radius 2 is 2.05 bits per heavy atom. The lowest BCUT2D eigenvalue weighted by molar-refractivity contribution is -0.145. The van der Waals surface area contributed by atoms with Gasteiger partial charge in [-0.2, -0.15) is 0 Å². The zero-order chi connectivity index (χ0) is 16.1. The molecule has 1 fully saturated rings. The maximum atomic E-state index is 12.8. The fraction of sp³-hybridized carbons (Fsp3) is 0.529. The molecule has 1 aromatic carbocycles. The van der Waals surface area contributed by atoms with Crippen LogP contribution in [0.5, 0.6) is 0 Å². The van der Waals surface area contributed by atoms with E-state index in [0.29, 0.717) is 17.1 Å². The number of benzene rings is 1. The third-order valence-corrected chi connectivity index (χ3v) is 4.41. The third kappa shape index (κ3) is 4.01. The Morgan fingerprint density at radius 3 is 2.64 bits per heavy atom. The van der Waals surface area contributed by atoms with Crippen LogP contribution in [-0.2, 0) is 9.53 Å². The first-order chi connectivity index (χ1) is 10.5. The summed E-state index contributed by atoms with van der Waals surface area (Å²) in [4.78, 5) is 26.4. The maximum Gasteiger partial charge on any atom is 0.310 e. The molecule has 1 amide bonds. The molecule has 0 radical (unpaired) electrons. The van der Waals surface area contributed by atoms with Crippen molar-refractivity contribution in [2.45, 2.75) is 38.6 Å². The predicted molar refractivity (Wildman–Crippen MR) is 85.9 cm³/mol. The molecule has 120 valence electrons. The minimum Gasteiger partial charge on any atom is -0.469 e. The molecule has 1 aromatic rings. The van der Waals surface area contributed by atoms with Crippen molar-refractivity contribution in [1.29, 1.82) is 0 Å². The second-order valence-corrected chi connectivity index (χ2v) is 6.27. The van der Waals surface area contributed by atoms with Gasteiger partial charge in [-0.25, -0.2) is 0 Å². The van der Waals surface area contributed by atoms with Gasteiger partial charge in [-0.3, -0.25) is 9.59 Å². The van der Waals surface area contributed by atoms with Gasteiger partial charge in [0.25, 0.3) is 5.91 Å². The van der Waals surface area contributed by atoms with Gasteiger partial charge in [0.1, 0.15) is 0 Å². The number of carbonyl (C=O) groups excluding carboxylic acids is 2. The van der Waals surface area contributed by atoms with E-state index in [2.05, 4.69) is 0 Å². The van der Waals surface area contributed by atoms with Crippen LogP contribution in [0.2, 0.25) is 5.02 Å². The molecule has 0 aromatic heterocycles. The standard InChI is InChI=1S/C17H22ClNO3/c1-12(17(21)22-2)11-19(15-8-3-4-9-15)16(20)13-6-5-7-14(18)10-13/h5-7,10,12,15H,3-4,8-9,11H2,1-2H3. The molecule has 1 atom stereocenters. The Hall–Kier alpha value is -1.55. The van der Waals surface area contributed by atoms with Crippen LogP contribution in [0.1, 0.15) is 43.0 Å². The molecule has 0 bridgehead atoms. The molecular formula is C17H22ClNO3. The Bertz CT molecular complexity index is 540. The average molecular weight is 324 g/mol. The highest BCUT2D eigenvalue weighted by Gasteiger charge is 2.30. The first kappa shape index (κ1) is 16.8. The summed E-state index contributed by atoms with van der Waals surface area (Å²) < 4.78 is 4.78. The van der Waals surface area contributed by atoms with Gasteiger partial charge in [0.2, 0.25) is 0 Å². The molecule has 0 saturated heterocycles. The van der Waals surface area contributed by atoms with Gasteiger partial charge in [-0.05, 0) is 31.0 Å². The molecule has 0 heterocycles. The second kappa shape index (κ2) is 7.63. The summed E-state index contributed by atoms with van der Waals surface area (Å²) in [5.74, 6) is -0.694. The molecule has 1 saturated carbocycles. The van der Waals surface area contributed by atoms with Crippen LogP contribution in [0, 0.1) is 5.92 Å². The topological polar surface area (TPSA) is 46.6 Å². The second-order valence-electron chi connectivity index (χ2n) is 5.83. The average Bonchev–Trinajstić information content (AvgIpc) is 3.05. The van der Waals surface area contributed by atoms with Crippen LogP contribution in [0.25, 0.3) is 0 Å². The number of hydrogen-bond acceptors (Lipinski definition) is 3. The zero-order valence-electron chi connectivity index (χ0n) is 13.0. The van der Waals surface area contributed by atoms with Crippen LogP contribution in [0.4, 0.5) is 0 Å². The molecule has 1 aliphatic carbocycles. The van der Waals surface area contributed by atoms with E-state index >= 15 is 0 Å². The summed E-state index contributed by atoms with van der Waals surface area (Å²) >= 11 is 5.99. The van der Waals surface area contributed by atoms with Gasteiger partial charge in [-0.15, -0.1) is 0 Å². The summed E-state index contributed by atoms with van der Waals surface area (Å²) in [5, 5.41) is 0.540. The van der Waals surface area contributed by atoms with Gasteiger partial charge in [0.05, 0.1) is 13.0 Å². The van der Waals surface area contributed by atoms with Crippen molar-refractivity contribution in [3.8, 4) is 0 Å². The van der Waals surface area contributed by atoms with E-state index in [1.807, 2.05) is 4.90 Å². The molecular weight excluding hydrogens is 302 g/mol. The lowest BCUT2D eigenvalue weighted by atomic mass is 10.1. The van der Waals surface area contributed by atoms with Gasteiger partial charge in [0, 0.05) is 23.2 Å². The number of hydrogen-bond donors (Lipinski definition) is 0. The van der Waals surface area contributed by atoms with E-state index in [-0.39, 0.29) is 23.8 Å². The molecule has 2 rings (SSSR count). The summed E-state index contributed by atoms with van der Waals surface area (Å²) in [6.45, 7) is 2.17. The number of halogens is 1. The predicted octanol–water partition coefficient (Wildman–Crippen LogP) is 3.53. The van der Waals surface area contributed by atoms with E-state index in [4.69, 9.17) is 16.3 Å². The largest absolute Gasteiger partial charge is 0.469 e. The van der Waals surface area contributed by atoms with Crippen LogP contribution in [0.3, 0.4) is 0 Å². The number of esters is 1. The maximum absolute atomic E-state index is 12.8. The van der Waals surface area contributed by atoms with Crippen LogP contribution < -0.4 is 0 Å². The van der Waals surface area contributed by atoms with E-state index < -0.39 is 0 Å². The highest BCUT2D eigenvalue weighted by atomic mass is 35.5. The Balaban J connectivity index is 2.19. The Labute approximate surface area is 136 Å². The molecule has 0 N–H and O–H groups in total. The molecule has 0 spiro atoms. The van der Waals surface area contributed by atoms with E-state index in [9.17, 15) is 9.59 Å². The lowest BCUT2D eigenvalue weighted by Crippen LogP contribution is -2.43. The fourth-order valence-corrected chi connectivity index (χ4v) is 3.16. The summed E-state index contributed by atoms with van der Waals surface area (Å²) in [7, 11) is 1.37. The number of nitrogens with zero attached hydrogens (tertiary/aromatic N) is 1. The van der Waals surface area contributed by atoms with Gasteiger partial charge < -0.3 is 9.64 Å². The van der Waals surface area contributed by atoms with E-state index in [1.165, 1.54) is 7.11 Å². The quantitative estimate of drug-likeness (QED) is 0.779.